The largest absolute Gasteiger partial charge is 0.435 e. The van der Waals surface area contributed by atoms with Gasteiger partial charge in [0.1, 0.15) is 0 Å². The Morgan fingerprint density at radius 1 is 1.28 bits per heavy atom. The van der Waals surface area contributed by atoms with Crippen molar-refractivity contribution in [3.05, 3.63) is 53.3 Å². The molecule has 8 heteroatoms. The zero-order valence-corrected chi connectivity index (χ0v) is 14.5. The van der Waals surface area contributed by atoms with Crippen LogP contribution in [0.25, 0.3) is 0 Å². The molecule has 1 aromatic carbocycles. The SMILES string of the molecule is CCNC(=NCc1cn(C)nc1C(F)(F)F)N(C)Cc1ccccc1. The van der Waals surface area contributed by atoms with Gasteiger partial charge in [0.05, 0.1) is 6.54 Å². The molecule has 0 atom stereocenters. The maximum atomic E-state index is 13.0. The van der Waals surface area contributed by atoms with E-state index < -0.39 is 11.9 Å². The van der Waals surface area contributed by atoms with Crippen LogP contribution in [-0.2, 0) is 26.3 Å². The summed E-state index contributed by atoms with van der Waals surface area (Å²) in [7, 11) is 3.32. The summed E-state index contributed by atoms with van der Waals surface area (Å²) in [5, 5.41) is 6.61. The highest BCUT2D eigenvalue weighted by molar-refractivity contribution is 5.79. The van der Waals surface area contributed by atoms with E-state index in [0.717, 1.165) is 10.2 Å². The Kier molecular flexibility index (Phi) is 6.06. The maximum Gasteiger partial charge on any atom is 0.435 e. The van der Waals surface area contributed by atoms with Gasteiger partial charge in [0, 0.05) is 38.9 Å². The standard InChI is InChI=1S/C17H22F3N5/c1-4-21-16(24(2)11-13-8-6-5-7-9-13)22-10-14-12-25(3)23-15(14)17(18,19)20/h5-9,12H,4,10-11H2,1-3H3,(H,21,22). The van der Waals surface area contributed by atoms with E-state index in [-0.39, 0.29) is 12.1 Å². The number of nitrogens with one attached hydrogen (secondary N) is 1. The van der Waals surface area contributed by atoms with Gasteiger partial charge < -0.3 is 10.2 Å². The van der Waals surface area contributed by atoms with Gasteiger partial charge in [-0.05, 0) is 12.5 Å². The normalized spacial score (nSPS) is 12.3. The third-order valence-corrected chi connectivity index (χ3v) is 3.53. The van der Waals surface area contributed by atoms with Gasteiger partial charge in [-0.15, -0.1) is 0 Å². The van der Waals surface area contributed by atoms with E-state index in [2.05, 4.69) is 15.4 Å². The van der Waals surface area contributed by atoms with Crippen LogP contribution in [-0.4, -0.2) is 34.2 Å². The van der Waals surface area contributed by atoms with Crippen LogP contribution >= 0.6 is 0 Å². The fraction of sp³-hybridized carbons (Fsp3) is 0.412. The second kappa shape index (κ2) is 8.04. The fourth-order valence-corrected chi connectivity index (χ4v) is 2.45. The molecule has 0 aliphatic rings. The molecule has 2 aromatic rings. The number of hydrogen-bond acceptors (Lipinski definition) is 2. The Labute approximate surface area is 145 Å². The van der Waals surface area contributed by atoms with Crippen LogP contribution in [0.4, 0.5) is 13.2 Å². The average Bonchev–Trinajstić information content (AvgIpc) is 2.93. The van der Waals surface area contributed by atoms with Gasteiger partial charge in [-0.2, -0.15) is 18.3 Å². The first kappa shape index (κ1) is 18.8. The van der Waals surface area contributed by atoms with E-state index >= 15 is 0 Å². The van der Waals surface area contributed by atoms with Crippen molar-refractivity contribution >= 4 is 5.96 Å². The lowest BCUT2D eigenvalue weighted by Crippen LogP contribution is -2.38. The molecule has 0 saturated carbocycles. The molecular weight excluding hydrogens is 331 g/mol. The molecule has 0 unspecified atom stereocenters. The molecule has 2 rings (SSSR count). The maximum absolute atomic E-state index is 13.0. The molecule has 0 aliphatic carbocycles. The van der Waals surface area contributed by atoms with Crippen molar-refractivity contribution in [2.45, 2.75) is 26.2 Å². The number of alkyl halides is 3. The quantitative estimate of drug-likeness (QED) is 0.664. The van der Waals surface area contributed by atoms with Gasteiger partial charge in [0.25, 0.3) is 0 Å². The Morgan fingerprint density at radius 3 is 2.56 bits per heavy atom. The Morgan fingerprint density at radius 2 is 1.96 bits per heavy atom. The summed E-state index contributed by atoms with van der Waals surface area (Å²) in [4.78, 5) is 6.22. The summed E-state index contributed by atoms with van der Waals surface area (Å²) in [6.07, 6.45) is -3.13. The van der Waals surface area contributed by atoms with Gasteiger partial charge in [-0.1, -0.05) is 30.3 Å². The minimum atomic E-state index is -4.49. The second-order valence-corrected chi connectivity index (χ2v) is 5.69. The number of aryl methyl sites for hydroxylation is 1. The first-order valence-electron chi connectivity index (χ1n) is 7.94. The number of nitrogens with zero attached hydrogens (tertiary/aromatic N) is 4. The highest BCUT2D eigenvalue weighted by Gasteiger charge is 2.36. The van der Waals surface area contributed by atoms with Gasteiger partial charge in [-0.25, -0.2) is 4.99 Å². The molecule has 1 N–H and O–H groups in total. The van der Waals surface area contributed by atoms with Crippen LogP contribution in [0.5, 0.6) is 0 Å². The molecular formula is C17H22F3N5. The van der Waals surface area contributed by atoms with E-state index in [1.54, 1.807) is 0 Å². The fourth-order valence-electron chi connectivity index (χ4n) is 2.45. The summed E-state index contributed by atoms with van der Waals surface area (Å²) in [6.45, 7) is 3.05. The summed E-state index contributed by atoms with van der Waals surface area (Å²) >= 11 is 0. The third-order valence-electron chi connectivity index (χ3n) is 3.53. The van der Waals surface area contributed by atoms with Crippen molar-refractivity contribution in [2.24, 2.45) is 12.0 Å². The first-order chi connectivity index (χ1) is 11.8. The minimum absolute atomic E-state index is 0.0542. The predicted octanol–water partition coefficient (Wildman–Crippen LogP) is 3.04. The van der Waals surface area contributed by atoms with Crippen LogP contribution in [0.15, 0.2) is 41.5 Å². The lowest BCUT2D eigenvalue weighted by Gasteiger charge is -2.22. The molecule has 0 fully saturated rings. The highest BCUT2D eigenvalue weighted by atomic mass is 19.4. The zero-order chi connectivity index (χ0) is 18.4. The number of rotatable bonds is 5. The average molecular weight is 353 g/mol. The van der Waals surface area contributed by atoms with Crippen LogP contribution in [0.1, 0.15) is 23.7 Å². The second-order valence-electron chi connectivity index (χ2n) is 5.69. The zero-order valence-electron chi connectivity index (χ0n) is 14.5. The minimum Gasteiger partial charge on any atom is -0.357 e. The lowest BCUT2D eigenvalue weighted by molar-refractivity contribution is -0.142. The Hall–Kier alpha value is -2.51. The third kappa shape index (κ3) is 5.23. The summed E-state index contributed by atoms with van der Waals surface area (Å²) in [5.41, 5.74) is 0.256. The van der Waals surface area contributed by atoms with E-state index in [9.17, 15) is 13.2 Å². The number of aliphatic imine (C=N–C) groups is 1. The molecule has 0 bridgehead atoms. The van der Waals surface area contributed by atoms with Gasteiger partial charge in [0.2, 0.25) is 0 Å². The molecule has 136 valence electrons. The van der Waals surface area contributed by atoms with E-state index in [1.165, 1.54) is 13.2 Å². The van der Waals surface area contributed by atoms with Crippen molar-refractivity contribution in [3.63, 3.8) is 0 Å². The smallest absolute Gasteiger partial charge is 0.357 e. The molecule has 1 aromatic heterocycles. The van der Waals surface area contributed by atoms with Crippen LogP contribution in [0.2, 0.25) is 0 Å². The summed E-state index contributed by atoms with van der Waals surface area (Å²) < 4.78 is 40.3. The van der Waals surface area contributed by atoms with Crippen molar-refractivity contribution in [1.29, 1.82) is 0 Å². The Balaban J connectivity index is 2.17. The van der Waals surface area contributed by atoms with Gasteiger partial charge in [-0.3, -0.25) is 4.68 Å². The molecule has 0 spiro atoms. The van der Waals surface area contributed by atoms with Crippen LogP contribution in [0.3, 0.4) is 0 Å². The number of guanidine groups is 1. The topological polar surface area (TPSA) is 45.5 Å². The lowest BCUT2D eigenvalue weighted by atomic mass is 10.2. The number of benzene rings is 1. The van der Waals surface area contributed by atoms with Gasteiger partial charge >= 0.3 is 6.18 Å². The number of halogens is 3. The molecule has 0 aliphatic heterocycles. The molecule has 0 saturated heterocycles. The van der Waals surface area contributed by atoms with Gasteiger partial charge in [0.15, 0.2) is 11.7 Å². The summed E-state index contributed by atoms with van der Waals surface area (Å²) in [6, 6.07) is 9.80. The molecule has 5 nitrogen and oxygen atoms in total. The van der Waals surface area contributed by atoms with Crippen molar-refractivity contribution < 1.29 is 13.2 Å². The Bertz CT molecular complexity index is 707. The monoisotopic (exact) mass is 353 g/mol. The highest BCUT2D eigenvalue weighted by Crippen LogP contribution is 2.30. The van der Waals surface area contributed by atoms with Crippen molar-refractivity contribution in [3.8, 4) is 0 Å². The molecule has 25 heavy (non-hydrogen) atoms. The molecule has 0 radical (unpaired) electrons. The predicted molar refractivity (Wildman–Crippen MR) is 90.9 cm³/mol. The van der Waals surface area contributed by atoms with Crippen LogP contribution < -0.4 is 5.32 Å². The molecule has 0 amide bonds. The number of hydrogen-bond donors (Lipinski definition) is 1. The van der Waals surface area contributed by atoms with Crippen molar-refractivity contribution in [1.82, 2.24) is 20.0 Å². The van der Waals surface area contributed by atoms with Crippen molar-refractivity contribution in [2.75, 3.05) is 13.6 Å². The number of aromatic nitrogens is 2. The van der Waals surface area contributed by atoms with Crippen LogP contribution in [0, 0.1) is 0 Å². The molecule has 1 heterocycles. The van der Waals surface area contributed by atoms with E-state index in [0.29, 0.717) is 19.0 Å². The van der Waals surface area contributed by atoms with E-state index in [1.807, 2.05) is 49.2 Å². The first-order valence-corrected chi connectivity index (χ1v) is 7.94. The summed E-state index contributed by atoms with van der Waals surface area (Å²) in [5.74, 6) is 0.545. The van der Waals surface area contributed by atoms with E-state index in [4.69, 9.17) is 0 Å².